The highest BCUT2D eigenvalue weighted by molar-refractivity contribution is 5.93. The van der Waals surface area contributed by atoms with Gasteiger partial charge in [-0.15, -0.1) is 0 Å². The van der Waals surface area contributed by atoms with Crippen LogP contribution in [0.25, 0.3) is 17.1 Å². The Labute approximate surface area is 154 Å². The minimum Gasteiger partial charge on any atom is -0.337 e. The normalized spacial score (nSPS) is 16.3. The number of hydrogen-bond acceptors (Lipinski definition) is 4. The first-order valence-corrected chi connectivity index (χ1v) is 8.62. The second-order valence-corrected chi connectivity index (χ2v) is 6.40. The average Bonchev–Trinajstić information content (AvgIpc) is 3.14. The fraction of sp³-hybridized carbons (Fsp3) is 0.263. The van der Waals surface area contributed by atoms with Crippen LogP contribution in [0.1, 0.15) is 23.3 Å². The average molecular weight is 369 g/mol. The lowest BCUT2D eigenvalue weighted by molar-refractivity contribution is -0.0495. The molecule has 1 saturated heterocycles. The number of carbonyl (C=O) groups is 1. The van der Waals surface area contributed by atoms with E-state index in [0.29, 0.717) is 17.1 Å². The van der Waals surface area contributed by atoms with Crippen molar-refractivity contribution in [2.24, 2.45) is 0 Å². The largest absolute Gasteiger partial charge is 0.337 e. The fourth-order valence-corrected chi connectivity index (χ4v) is 3.06. The smallest absolute Gasteiger partial charge is 0.274 e. The molecule has 0 radical (unpaired) electrons. The summed E-state index contributed by atoms with van der Waals surface area (Å²) in [6.45, 7) is 0.0367. The number of halogens is 2. The van der Waals surface area contributed by atoms with Crippen molar-refractivity contribution in [2.45, 2.75) is 18.8 Å². The van der Waals surface area contributed by atoms with Crippen molar-refractivity contribution >= 4 is 5.91 Å². The number of carbonyl (C=O) groups excluding carboxylic acids is 1. The highest BCUT2D eigenvalue weighted by Crippen LogP contribution is 2.29. The van der Waals surface area contributed by atoms with Crippen LogP contribution in [0.5, 0.6) is 0 Å². The van der Waals surface area contributed by atoms with Gasteiger partial charge in [0.05, 0.1) is 23.3 Å². The molecule has 4 heterocycles. The van der Waals surface area contributed by atoms with Crippen LogP contribution in [0.4, 0.5) is 8.78 Å². The molecule has 1 fully saturated rings. The minimum absolute atomic E-state index is 0.0184. The summed E-state index contributed by atoms with van der Waals surface area (Å²) in [4.78, 5) is 22.7. The van der Waals surface area contributed by atoms with Gasteiger partial charge in [0.15, 0.2) is 5.69 Å². The molecule has 0 saturated carbocycles. The molecule has 1 amide bonds. The monoisotopic (exact) mass is 369 g/mol. The zero-order chi connectivity index (χ0) is 18.9. The number of rotatable bonds is 3. The number of amides is 1. The van der Waals surface area contributed by atoms with Crippen molar-refractivity contribution in [3.63, 3.8) is 0 Å². The molecule has 3 aromatic rings. The molecule has 0 aliphatic carbocycles. The summed E-state index contributed by atoms with van der Waals surface area (Å²) in [7, 11) is 0. The third kappa shape index (κ3) is 3.55. The fourth-order valence-electron chi connectivity index (χ4n) is 3.06. The maximum atomic E-state index is 13.4. The quantitative estimate of drug-likeness (QED) is 0.711. The van der Waals surface area contributed by atoms with Gasteiger partial charge in [-0.05, 0) is 30.3 Å². The Bertz CT molecular complexity index is 876. The first-order valence-electron chi connectivity index (χ1n) is 8.62. The van der Waals surface area contributed by atoms with E-state index in [0.717, 1.165) is 0 Å². The van der Waals surface area contributed by atoms with Crippen LogP contribution >= 0.6 is 0 Å². The van der Waals surface area contributed by atoms with Crippen LogP contribution in [-0.2, 0) is 0 Å². The standard InChI is InChI=1S/C19H17F2N5O/c20-19(21)6-10-25(11-7-19)18(27)16-12-17(15-5-1-2-9-23-15)26(24-16)14-4-3-8-22-13-14/h1-5,8-9,12-13H,6-7,10-11H2. The topological polar surface area (TPSA) is 63.9 Å². The first-order chi connectivity index (χ1) is 13.0. The molecule has 8 heteroatoms. The lowest BCUT2D eigenvalue weighted by Gasteiger charge is -2.31. The van der Waals surface area contributed by atoms with Crippen LogP contribution in [0, 0.1) is 0 Å². The van der Waals surface area contributed by atoms with E-state index in [9.17, 15) is 13.6 Å². The Morgan fingerprint density at radius 2 is 1.89 bits per heavy atom. The van der Waals surface area contributed by atoms with Gasteiger partial charge in [0.2, 0.25) is 0 Å². The zero-order valence-corrected chi connectivity index (χ0v) is 14.4. The Balaban J connectivity index is 1.70. The predicted octanol–water partition coefficient (Wildman–Crippen LogP) is 3.20. The van der Waals surface area contributed by atoms with Gasteiger partial charge in [0, 0.05) is 38.3 Å². The second-order valence-electron chi connectivity index (χ2n) is 6.40. The SMILES string of the molecule is O=C(c1cc(-c2ccccn2)n(-c2cccnc2)n1)N1CCC(F)(F)CC1. The number of hydrogen-bond donors (Lipinski definition) is 0. The van der Waals surface area contributed by atoms with Gasteiger partial charge in [-0.25, -0.2) is 13.5 Å². The van der Waals surface area contributed by atoms with Crippen molar-refractivity contribution in [1.82, 2.24) is 24.6 Å². The van der Waals surface area contributed by atoms with Crippen LogP contribution in [0.3, 0.4) is 0 Å². The van der Waals surface area contributed by atoms with E-state index in [1.165, 1.54) is 4.90 Å². The Morgan fingerprint density at radius 3 is 2.56 bits per heavy atom. The molecule has 0 spiro atoms. The molecule has 0 unspecified atom stereocenters. The van der Waals surface area contributed by atoms with E-state index in [2.05, 4.69) is 15.1 Å². The van der Waals surface area contributed by atoms with Crippen molar-refractivity contribution in [1.29, 1.82) is 0 Å². The van der Waals surface area contributed by atoms with Crippen molar-refractivity contribution in [2.75, 3.05) is 13.1 Å². The summed E-state index contributed by atoms with van der Waals surface area (Å²) in [6, 6.07) is 10.7. The van der Waals surface area contributed by atoms with Crippen LogP contribution < -0.4 is 0 Å². The molecule has 3 aromatic heterocycles. The molecule has 1 aliphatic rings. The van der Waals surface area contributed by atoms with E-state index in [1.807, 2.05) is 18.2 Å². The van der Waals surface area contributed by atoms with E-state index < -0.39 is 5.92 Å². The van der Waals surface area contributed by atoms with Crippen molar-refractivity contribution in [3.05, 3.63) is 60.7 Å². The van der Waals surface area contributed by atoms with Gasteiger partial charge in [-0.3, -0.25) is 14.8 Å². The van der Waals surface area contributed by atoms with E-state index in [4.69, 9.17) is 0 Å². The third-order valence-electron chi connectivity index (χ3n) is 4.53. The molecule has 6 nitrogen and oxygen atoms in total. The number of likely N-dealkylation sites (tertiary alicyclic amines) is 1. The Hall–Kier alpha value is -3.16. The number of alkyl halides is 2. The Morgan fingerprint density at radius 1 is 1.07 bits per heavy atom. The molecule has 0 atom stereocenters. The highest BCUT2D eigenvalue weighted by Gasteiger charge is 2.36. The minimum atomic E-state index is -2.70. The van der Waals surface area contributed by atoms with Gasteiger partial charge in [0.25, 0.3) is 11.8 Å². The van der Waals surface area contributed by atoms with E-state index in [1.54, 1.807) is 41.5 Å². The Kier molecular flexibility index (Phi) is 4.39. The summed E-state index contributed by atoms with van der Waals surface area (Å²) >= 11 is 0. The van der Waals surface area contributed by atoms with Gasteiger partial charge in [-0.1, -0.05) is 6.07 Å². The van der Waals surface area contributed by atoms with Crippen LogP contribution in [-0.4, -0.2) is 49.6 Å². The summed E-state index contributed by atoms with van der Waals surface area (Å²) in [5.41, 5.74) is 2.17. The predicted molar refractivity (Wildman–Crippen MR) is 94.7 cm³/mol. The van der Waals surface area contributed by atoms with E-state index >= 15 is 0 Å². The molecule has 0 bridgehead atoms. The number of piperidine rings is 1. The molecule has 27 heavy (non-hydrogen) atoms. The van der Waals surface area contributed by atoms with Gasteiger partial charge >= 0.3 is 0 Å². The summed E-state index contributed by atoms with van der Waals surface area (Å²) in [6.07, 6.45) is 4.29. The summed E-state index contributed by atoms with van der Waals surface area (Å²) in [5, 5.41) is 4.43. The van der Waals surface area contributed by atoms with Gasteiger partial charge in [0.1, 0.15) is 0 Å². The van der Waals surface area contributed by atoms with E-state index in [-0.39, 0.29) is 37.5 Å². The van der Waals surface area contributed by atoms with Crippen molar-refractivity contribution < 1.29 is 13.6 Å². The lowest BCUT2D eigenvalue weighted by atomic mass is 10.1. The molecular formula is C19H17F2N5O. The third-order valence-corrected chi connectivity index (χ3v) is 4.53. The molecule has 138 valence electrons. The summed E-state index contributed by atoms with van der Waals surface area (Å²) < 4.78 is 28.4. The molecule has 0 aromatic carbocycles. The first kappa shape index (κ1) is 17.3. The maximum Gasteiger partial charge on any atom is 0.274 e. The molecule has 4 rings (SSSR count). The molecular weight excluding hydrogens is 352 g/mol. The maximum absolute atomic E-state index is 13.4. The van der Waals surface area contributed by atoms with Crippen LogP contribution in [0.15, 0.2) is 55.0 Å². The number of nitrogens with zero attached hydrogens (tertiary/aromatic N) is 5. The molecule has 1 aliphatic heterocycles. The molecule has 0 N–H and O–H groups in total. The van der Waals surface area contributed by atoms with Crippen LogP contribution in [0.2, 0.25) is 0 Å². The highest BCUT2D eigenvalue weighted by atomic mass is 19.3. The van der Waals surface area contributed by atoms with Crippen molar-refractivity contribution in [3.8, 4) is 17.1 Å². The summed E-state index contributed by atoms with van der Waals surface area (Å²) in [5.74, 6) is -3.06. The van der Waals surface area contributed by atoms with Gasteiger partial charge < -0.3 is 4.90 Å². The van der Waals surface area contributed by atoms with Gasteiger partial charge in [-0.2, -0.15) is 5.10 Å². The number of aromatic nitrogens is 4. The zero-order valence-electron chi connectivity index (χ0n) is 14.4. The lowest BCUT2D eigenvalue weighted by Crippen LogP contribution is -2.42. The second kappa shape index (κ2) is 6.86. The number of pyridine rings is 2.